The molecule has 0 aliphatic carbocycles. The molecule has 2 aromatic rings. The van der Waals surface area contributed by atoms with Crippen molar-refractivity contribution in [3.63, 3.8) is 0 Å². The zero-order valence-electron chi connectivity index (χ0n) is 14.5. The number of halogens is 2. The van der Waals surface area contributed by atoms with Crippen molar-refractivity contribution in [2.24, 2.45) is 0 Å². The molecule has 0 aliphatic heterocycles. The summed E-state index contributed by atoms with van der Waals surface area (Å²) in [6.45, 7) is 9.70. The number of aromatic nitrogens is 2. The van der Waals surface area contributed by atoms with Gasteiger partial charge in [0, 0.05) is 18.3 Å². The Morgan fingerprint density at radius 1 is 1.36 bits per heavy atom. The average molecular weight is 349 g/mol. The number of carbonyl (C=O) groups excluding carboxylic acids is 1. The molecular weight excluding hydrogens is 328 g/mol. The molecule has 134 valence electrons. The number of amides is 1. The van der Waals surface area contributed by atoms with E-state index in [1.54, 1.807) is 37.8 Å². The van der Waals surface area contributed by atoms with Gasteiger partial charge >= 0.3 is 6.09 Å². The van der Waals surface area contributed by atoms with E-state index in [9.17, 15) is 13.6 Å². The van der Waals surface area contributed by atoms with Crippen LogP contribution >= 0.6 is 0 Å². The van der Waals surface area contributed by atoms with Gasteiger partial charge in [-0.2, -0.15) is 5.10 Å². The molecule has 0 bridgehead atoms. The van der Waals surface area contributed by atoms with Crippen LogP contribution in [0.5, 0.6) is 0 Å². The molecule has 1 N–H and O–H groups in total. The number of hydrogen-bond donors (Lipinski definition) is 1. The van der Waals surface area contributed by atoms with E-state index >= 15 is 0 Å². The standard InChI is InChI=1S/C18H21F2N3O2/c1-5-12-8-15(19)16(20)9-14(12)13-10-22-23(11-13)7-6-21-17(24)25-18(2,3)4/h5,8-11H,1,6-7H2,2-4H3,(H,21,24). The fraction of sp³-hybridized carbons (Fsp3) is 0.333. The fourth-order valence-electron chi connectivity index (χ4n) is 2.19. The van der Waals surface area contributed by atoms with Crippen LogP contribution in [0.25, 0.3) is 17.2 Å². The van der Waals surface area contributed by atoms with Crippen molar-refractivity contribution < 1.29 is 18.3 Å². The van der Waals surface area contributed by atoms with Crippen molar-refractivity contribution in [2.75, 3.05) is 6.54 Å². The third-order valence-electron chi connectivity index (χ3n) is 3.27. The van der Waals surface area contributed by atoms with Gasteiger partial charge in [0.2, 0.25) is 0 Å². The summed E-state index contributed by atoms with van der Waals surface area (Å²) in [5.41, 5.74) is 1.05. The Kier molecular flexibility index (Phi) is 5.56. The zero-order chi connectivity index (χ0) is 18.6. The first-order valence-electron chi connectivity index (χ1n) is 7.81. The van der Waals surface area contributed by atoms with Gasteiger partial charge in [0.15, 0.2) is 11.6 Å². The number of alkyl carbamates (subject to hydrolysis) is 1. The highest BCUT2D eigenvalue weighted by molar-refractivity contribution is 5.74. The predicted molar refractivity (Wildman–Crippen MR) is 91.9 cm³/mol. The Hall–Kier alpha value is -2.70. The predicted octanol–water partition coefficient (Wildman–Crippen LogP) is 4.00. The Labute approximate surface area is 145 Å². The molecule has 0 spiro atoms. The summed E-state index contributed by atoms with van der Waals surface area (Å²) in [4.78, 5) is 11.6. The van der Waals surface area contributed by atoms with Gasteiger partial charge in [0.25, 0.3) is 0 Å². The van der Waals surface area contributed by atoms with Crippen LogP contribution in [0.15, 0.2) is 31.1 Å². The maximum Gasteiger partial charge on any atom is 0.407 e. The molecule has 0 atom stereocenters. The Bertz CT molecular complexity index is 779. The number of hydrogen-bond acceptors (Lipinski definition) is 3. The summed E-state index contributed by atoms with van der Waals surface area (Å²) in [5.74, 6) is -1.85. The first-order valence-corrected chi connectivity index (χ1v) is 7.81. The molecule has 1 aromatic heterocycles. The second-order valence-corrected chi connectivity index (χ2v) is 6.48. The second kappa shape index (κ2) is 7.46. The first kappa shape index (κ1) is 18.6. The van der Waals surface area contributed by atoms with Gasteiger partial charge < -0.3 is 10.1 Å². The van der Waals surface area contributed by atoms with Gasteiger partial charge in [-0.05, 0) is 44.0 Å². The van der Waals surface area contributed by atoms with Crippen LogP contribution in [0, 0.1) is 11.6 Å². The number of ether oxygens (including phenoxy) is 1. The molecule has 0 fully saturated rings. The Balaban J connectivity index is 2.02. The number of benzene rings is 1. The molecular formula is C18H21F2N3O2. The molecule has 1 heterocycles. The van der Waals surface area contributed by atoms with Crippen molar-refractivity contribution in [1.82, 2.24) is 15.1 Å². The van der Waals surface area contributed by atoms with Crippen LogP contribution in [-0.2, 0) is 11.3 Å². The second-order valence-electron chi connectivity index (χ2n) is 6.48. The van der Waals surface area contributed by atoms with Gasteiger partial charge in [-0.15, -0.1) is 0 Å². The SMILES string of the molecule is C=Cc1cc(F)c(F)cc1-c1cnn(CCNC(=O)OC(C)(C)C)c1. The molecule has 1 aromatic carbocycles. The van der Waals surface area contributed by atoms with Crippen LogP contribution < -0.4 is 5.32 Å². The average Bonchev–Trinajstić information content (AvgIpc) is 2.96. The summed E-state index contributed by atoms with van der Waals surface area (Å²) < 4.78 is 33.6. The maximum absolute atomic E-state index is 13.5. The molecule has 0 saturated heterocycles. The van der Waals surface area contributed by atoms with Crippen molar-refractivity contribution in [2.45, 2.75) is 32.9 Å². The van der Waals surface area contributed by atoms with Crippen molar-refractivity contribution >= 4 is 12.2 Å². The fourth-order valence-corrected chi connectivity index (χ4v) is 2.19. The number of nitrogens with zero attached hydrogens (tertiary/aromatic N) is 2. The van der Waals surface area contributed by atoms with Crippen molar-refractivity contribution in [3.8, 4) is 11.1 Å². The van der Waals surface area contributed by atoms with Crippen LogP contribution in [0.4, 0.5) is 13.6 Å². The lowest BCUT2D eigenvalue weighted by Gasteiger charge is -2.19. The third-order valence-corrected chi connectivity index (χ3v) is 3.27. The largest absolute Gasteiger partial charge is 0.444 e. The molecule has 0 unspecified atom stereocenters. The molecule has 7 heteroatoms. The van der Waals surface area contributed by atoms with Gasteiger partial charge in [0.1, 0.15) is 5.60 Å². The molecule has 5 nitrogen and oxygen atoms in total. The molecule has 2 rings (SSSR count). The lowest BCUT2D eigenvalue weighted by atomic mass is 10.0. The smallest absolute Gasteiger partial charge is 0.407 e. The summed E-state index contributed by atoms with van der Waals surface area (Å²) in [6.07, 6.45) is 4.19. The summed E-state index contributed by atoms with van der Waals surface area (Å²) in [5, 5.41) is 6.79. The van der Waals surface area contributed by atoms with E-state index in [0.29, 0.717) is 29.8 Å². The lowest BCUT2D eigenvalue weighted by molar-refractivity contribution is 0.0525. The van der Waals surface area contributed by atoms with E-state index in [1.165, 1.54) is 6.08 Å². The van der Waals surface area contributed by atoms with Gasteiger partial charge in [0.05, 0.1) is 12.7 Å². The van der Waals surface area contributed by atoms with E-state index in [0.717, 1.165) is 12.1 Å². The first-order chi connectivity index (χ1) is 11.7. The van der Waals surface area contributed by atoms with Gasteiger partial charge in [-0.1, -0.05) is 12.7 Å². The highest BCUT2D eigenvalue weighted by atomic mass is 19.2. The van der Waals surface area contributed by atoms with Crippen LogP contribution in [0.1, 0.15) is 26.3 Å². The molecule has 25 heavy (non-hydrogen) atoms. The summed E-state index contributed by atoms with van der Waals surface area (Å²) in [7, 11) is 0. The lowest BCUT2D eigenvalue weighted by Crippen LogP contribution is -2.34. The number of carbonyl (C=O) groups is 1. The molecule has 0 aliphatic rings. The highest BCUT2D eigenvalue weighted by Gasteiger charge is 2.16. The third kappa shape index (κ3) is 5.14. The summed E-state index contributed by atoms with van der Waals surface area (Å²) in [6, 6.07) is 2.21. The topological polar surface area (TPSA) is 56.2 Å². The van der Waals surface area contributed by atoms with E-state index in [4.69, 9.17) is 4.74 Å². The number of rotatable bonds is 5. The van der Waals surface area contributed by atoms with Gasteiger partial charge in [-0.25, -0.2) is 13.6 Å². The minimum atomic E-state index is -0.931. The number of nitrogens with one attached hydrogen (secondary N) is 1. The quantitative estimate of drug-likeness (QED) is 0.888. The van der Waals surface area contributed by atoms with Crippen LogP contribution in [0.3, 0.4) is 0 Å². The summed E-state index contributed by atoms with van der Waals surface area (Å²) >= 11 is 0. The van der Waals surface area contributed by atoms with Gasteiger partial charge in [-0.3, -0.25) is 4.68 Å². The van der Waals surface area contributed by atoms with E-state index in [1.807, 2.05) is 0 Å². The van der Waals surface area contributed by atoms with Crippen LogP contribution in [-0.4, -0.2) is 28.0 Å². The monoisotopic (exact) mass is 349 g/mol. The van der Waals surface area contributed by atoms with E-state index in [-0.39, 0.29) is 0 Å². The maximum atomic E-state index is 13.5. The van der Waals surface area contributed by atoms with Crippen molar-refractivity contribution in [1.29, 1.82) is 0 Å². The Morgan fingerprint density at radius 3 is 2.68 bits per heavy atom. The van der Waals surface area contributed by atoms with E-state index in [2.05, 4.69) is 17.0 Å². The normalized spacial score (nSPS) is 11.2. The molecule has 0 saturated carbocycles. The Morgan fingerprint density at radius 2 is 2.04 bits per heavy atom. The molecule has 0 radical (unpaired) electrons. The highest BCUT2D eigenvalue weighted by Crippen LogP contribution is 2.26. The minimum absolute atomic E-state index is 0.322. The minimum Gasteiger partial charge on any atom is -0.444 e. The van der Waals surface area contributed by atoms with E-state index < -0.39 is 23.3 Å². The zero-order valence-corrected chi connectivity index (χ0v) is 14.5. The van der Waals surface area contributed by atoms with Crippen LogP contribution in [0.2, 0.25) is 0 Å². The molecule has 1 amide bonds. The van der Waals surface area contributed by atoms with Crippen molar-refractivity contribution in [3.05, 3.63) is 48.3 Å².